The van der Waals surface area contributed by atoms with Crippen molar-refractivity contribution in [2.75, 3.05) is 0 Å². The van der Waals surface area contributed by atoms with Gasteiger partial charge in [0.1, 0.15) is 11.4 Å². The van der Waals surface area contributed by atoms with Crippen molar-refractivity contribution < 1.29 is 14.3 Å². The van der Waals surface area contributed by atoms with Gasteiger partial charge in [0.15, 0.2) is 11.6 Å². The summed E-state index contributed by atoms with van der Waals surface area (Å²) in [5, 5.41) is 0. The second-order valence-corrected chi connectivity index (χ2v) is 6.52. The van der Waals surface area contributed by atoms with Crippen LogP contribution in [0.5, 0.6) is 5.75 Å². The molecule has 1 aromatic rings. The zero-order chi connectivity index (χ0) is 15.8. The number of benzene rings is 1. The molecule has 3 nitrogen and oxygen atoms in total. The van der Waals surface area contributed by atoms with E-state index >= 15 is 0 Å². The maximum atomic E-state index is 12.4. The summed E-state index contributed by atoms with van der Waals surface area (Å²) >= 11 is 0. The smallest absolute Gasteiger partial charge is 0.170 e. The van der Waals surface area contributed by atoms with Gasteiger partial charge in [-0.2, -0.15) is 0 Å². The molecule has 1 aliphatic heterocycles. The lowest BCUT2D eigenvalue weighted by atomic mass is 9.89. The molecule has 0 aliphatic carbocycles. The van der Waals surface area contributed by atoms with Crippen molar-refractivity contribution in [2.24, 2.45) is 0 Å². The van der Waals surface area contributed by atoms with Crippen LogP contribution in [0.3, 0.4) is 0 Å². The minimum Gasteiger partial charge on any atom is -0.486 e. The molecule has 0 saturated heterocycles. The molecule has 0 aromatic heterocycles. The van der Waals surface area contributed by atoms with E-state index in [9.17, 15) is 9.59 Å². The zero-order valence-electron chi connectivity index (χ0n) is 13.4. The number of hydrogen-bond acceptors (Lipinski definition) is 3. The van der Waals surface area contributed by atoms with Gasteiger partial charge in [-0.15, -0.1) is 0 Å². The van der Waals surface area contributed by atoms with Crippen LogP contribution in [0.15, 0.2) is 23.8 Å². The first-order chi connectivity index (χ1) is 9.69. The monoisotopic (exact) mass is 286 g/mol. The fourth-order valence-electron chi connectivity index (χ4n) is 2.48. The fraction of sp³-hybridized carbons (Fsp3) is 0.444. The number of ketones is 2. The number of allylic oxidation sites excluding steroid dienone is 2. The lowest BCUT2D eigenvalue weighted by molar-refractivity contribution is 0.0614. The molecule has 2 rings (SSSR count). The zero-order valence-corrected chi connectivity index (χ0v) is 13.4. The van der Waals surface area contributed by atoms with Crippen LogP contribution in [0.2, 0.25) is 0 Å². The van der Waals surface area contributed by atoms with Crippen molar-refractivity contribution in [3.63, 3.8) is 0 Å². The Morgan fingerprint density at radius 3 is 2.52 bits per heavy atom. The average molecular weight is 286 g/mol. The highest BCUT2D eigenvalue weighted by atomic mass is 16.5. The highest BCUT2D eigenvalue weighted by Gasteiger charge is 2.34. The molecule has 0 unspecified atom stereocenters. The summed E-state index contributed by atoms with van der Waals surface area (Å²) in [6, 6.07) is 3.51. The summed E-state index contributed by atoms with van der Waals surface area (Å²) < 4.78 is 6.03. The molecule has 0 fully saturated rings. The summed E-state index contributed by atoms with van der Waals surface area (Å²) in [7, 11) is 0. The van der Waals surface area contributed by atoms with E-state index in [1.54, 1.807) is 6.07 Å². The number of hydrogen-bond donors (Lipinski definition) is 0. The predicted octanol–water partition coefficient (Wildman–Crippen LogP) is 4.14. The van der Waals surface area contributed by atoms with E-state index < -0.39 is 5.60 Å². The number of carbonyl (C=O) groups is 2. The molecule has 1 aliphatic rings. The maximum absolute atomic E-state index is 12.4. The molecule has 1 heterocycles. The van der Waals surface area contributed by atoms with E-state index in [1.165, 1.54) is 12.5 Å². The van der Waals surface area contributed by atoms with Gasteiger partial charge >= 0.3 is 0 Å². The Morgan fingerprint density at radius 2 is 1.95 bits per heavy atom. The van der Waals surface area contributed by atoms with Crippen LogP contribution in [-0.2, 0) is 6.42 Å². The minimum atomic E-state index is -0.498. The first-order valence-corrected chi connectivity index (χ1v) is 7.23. The first-order valence-electron chi connectivity index (χ1n) is 7.23. The highest BCUT2D eigenvalue weighted by molar-refractivity contribution is 6.04. The van der Waals surface area contributed by atoms with E-state index in [4.69, 9.17) is 4.74 Å². The quantitative estimate of drug-likeness (QED) is 0.619. The number of ether oxygens (including phenoxy) is 1. The standard InChI is InChI=1S/C18H22O3/c1-11(2)6-7-13-8-14(12(3)19)9-15-16(20)10-18(4,5)21-17(13)15/h6,8-9H,7,10H2,1-5H3. The molecule has 0 saturated carbocycles. The van der Waals surface area contributed by atoms with Crippen molar-refractivity contribution in [3.05, 3.63) is 40.5 Å². The predicted molar refractivity (Wildman–Crippen MR) is 83.2 cm³/mol. The summed E-state index contributed by atoms with van der Waals surface area (Å²) in [4.78, 5) is 24.0. The number of fused-ring (bicyclic) bond motifs is 1. The Morgan fingerprint density at radius 1 is 1.29 bits per heavy atom. The Bertz CT molecular complexity index is 632. The Kier molecular flexibility index (Phi) is 4.04. The van der Waals surface area contributed by atoms with E-state index in [0.29, 0.717) is 29.7 Å². The second-order valence-electron chi connectivity index (χ2n) is 6.52. The second kappa shape index (κ2) is 5.47. The molecule has 21 heavy (non-hydrogen) atoms. The van der Waals surface area contributed by atoms with Crippen LogP contribution < -0.4 is 4.74 Å². The van der Waals surface area contributed by atoms with Crippen molar-refractivity contribution in [2.45, 2.75) is 53.1 Å². The summed E-state index contributed by atoms with van der Waals surface area (Å²) in [6.45, 7) is 9.40. The van der Waals surface area contributed by atoms with Crippen LogP contribution >= 0.6 is 0 Å². The van der Waals surface area contributed by atoms with E-state index in [-0.39, 0.29) is 11.6 Å². The lowest BCUT2D eigenvalue weighted by Crippen LogP contribution is -2.36. The molecule has 112 valence electrons. The SMILES string of the molecule is CC(=O)c1cc(CC=C(C)C)c2c(c1)C(=O)CC(C)(C)O2. The van der Waals surface area contributed by atoms with Crippen LogP contribution in [-0.4, -0.2) is 17.2 Å². The van der Waals surface area contributed by atoms with Gasteiger partial charge in [0.25, 0.3) is 0 Å². The molecule has 3 heteroatoms. The molecule has 0 bridgehead atoms. The summed E-state index contributed by atoms with van der Waals surface area (Å²) in [6.07, 6.45) is 3.08. The Hall–Kier alpha value is -1.90. The molecule has 0 N–H and O–H groups in total. The molecule has 0 amide bonds. The molecular formula is C18H22O3. The lowest BCUT2D eigenvalue weighted by Gasteiger charge is -2.33. The normalized spacial score (nSPS) is 16.0. The van der Waals surface area contributed by atoms with Crippen molar-refractivity contribution >= 4 is 11.6 Å². The van der Waals surface area contributed by atoms with Gasteiger partial charge in [-0.1, -0.05) is 11.6 Å². The number of rotatable bonds is 3. The number of Topliss-reactive ketones (excluding diaryl/α,β-unsaturated/α-hetero) is 2. The maximum Gasteiger partial charge on any atom is 0.170 e. The Labute approximate surface area is 126 Å². The largest absolute Gasteiger partial charge is 0.486 e. The first kappa shape index (κ1) is 15.5. The van der Waals surface area contributed by atoms with Crippen LogP contribution in [0.4, 0.5) is 0 Å². The minimum absolute atomic E-state index is 0.0334. The highest BCUT2D eigenvalue weighted by Crippen LogP contribution is 2.37. The third kappa shape index (κ3) is 3.41. The third-order valence-electron chi connectivity index (χ3n) is 3.57. The Balaban J connectivity index is 2.59. The van der Waals surface area contributed by atoms with Gasteiger partial charge < -0.3 is 4.74 Å². The van der Waals surface area contributed by atoms with Gasteiger partial charge in [-0.25, -0.2) is 0 Å². The van der Waals surface area contributed by atoms with Gasteiger partial charge in [0, 0.05) is 5.56 Å². The van der Waals surface area contributed by atoms with E-state index in [2.05, 4.69) is 6.08 Å². The fourth-order valence-corrected chi connectivity index (χ4v) is 2.48. The van der Waals surface area contributed by atoms with Gasteiger partial charge in [0.2, 0.25) is 0 Å². The van der Waals surface area contributed by atoms with Crippen molar-refractivity contribution in [1.29, 1.82) is 0 Å². The molecule has 0 radical (unpaired) electrons. The molecule has 0 spiro atoms. The van der Waals surface area contributed by atoms with Gasteiger partial charge in [-0.05, 0) is 58.7 Å². The van der Waals surface area contributed by atoms with Crippen LogP contribution in [0, 0.1) is 0 Å². The summed E-state index contributed by atoms with van der Waals surface area (Å²) in [5.41, 5.74) is 2.71. The average Bonchev–Trinajstić information content (AvgIpc) is 2.34. The summed E-state index contributed by atoms with van der Waals surface area (Å²) in [5.74, 6) is 0.649. The third-order valence-corrected chi connectivity index (χ3v) is 3.57. The van der Waals surface area contributed by atoms with Crippen LogP contribution in [0.1, 0.15) is 67.3 Å². The van der Waals surface area contributed by atoms with E-state index in [0.717, 1.165) is 5.56 Å². The van der Waals surface area contributed by atoms with Gasteiger partial charge in [0.05, 0.1) is 12.0 Å². The number of carbonyl (C=O) groups excluding carboxylic acids is 2. The van der Waals surface area contributed by atoms with Crippen molar-refractivity contribution in [1.82, 2.24) is 0 Å². The van der Waals surface area contributed by atoms with Crippen LogP contribution in [0.25, 0.3) is 0 Å². The molecular weight excluding hydrogens is 264 g/mol. The molecule has 1 aromatic carbocycles. The molecule has 0 atom stereocenters. The van der Waals surface area contributed by atoms with E-state index in [1.807, 2.05) is 33.8 Å². The van der Waals surface area contributed by atoms with Crippen molar-refractivity contribution in [3.8, 4) is 5.75 Å². The topological polar surface area (TPSA) is 43.4 Å². The van der Waals surface area contributed by atoms with Gasteiger partial charge in [-0.3, -0.25) is 9.59 Å².